The number of hydrogen-bond acceptors (Lipinski definition) is 3. The minimum Gasteiger partial charge on any atom is -0.460 e. The summed E-state index contributed by atoms with van der Waals surface area (Å²) in [4.78, 5) is 11.9. The smallest absolute Gasteiger partial charge is 0.309 e. The molecule has 21 heavy (non-hydrogen) atoms. The van der Waals surface area contributed by atoms with Gasteiger partial charge in [0.25, 0.3) is 0 Å². The van der Waals surface area contributed by atoms with Crippen molar-refractivity contribution in [2.45, 2.75) is 39.4 Å². The van der Waals surface area contributed by atoms with Gasteiger partial charge in [-0.15, -0.1) is 0 Å². The van der Waals surface area contributed by atoms with Crippen molar-refractivity contribution in [2.75, 3.05) is 6.61 Å². The van der Waals surface area contributed by atoms with Gasteiger partial charge in [-0.05, 0) is 45.2 Å². The van der Waals surface area contributed by atoms with Gasteiger partial charge in [0.05, 0.1) is 19.1 Å². The number of benzene rings is 1. The summed E-state index contributed by atoms with van der Waals surface area (Å²) in [5.74, 6) is 0.0685. The Morgan fingerprint density at radius 2 is 1.90 bits per heavy atom. The number of ether oxygens (including phenoxy) is 2. The number of carbonyl (C=O) groups excluding carboxylic acids is 1. The summed E-state index contributed by atoms with van der Waals surface area (Å²) in [6.45, 7) is 6.50. The first-order chi connectivity index (χ1) is 9.78. The van der Waals surface area contributed by atoms with Crippen LogP contribution in [0.15, 0.2) is 18.2 Å². The van der Waals surface area contributed by atoms with E-state index in [2.05, 4.69) is 0 Å². The Labute approximate surface area is 135 Å². The molecule has 5 heteroatoms. The van der Waals surface area contributed by atoms with Crippen molar-refractivity contribution >= 4 is 29.2 Å². The molecule has 0 aliphatic heterocycles. The topological polar surface area (TPSA) is 35.5 Å². The van der Waals surface area contributed by atoms with Crippen LogP contribution in [0.1, 0.15) is 32.8 Å². The van der Waals surface area contributed by atoms with Crippen molar-refractivity contribution in [1.29, 1.82) is 0 Å². The summed E-state index contributed by atoms with van der Waals surface area (Å²) in [7, 11) is 0. The van der Waals surface area contributed by atoms with E-state index < -0.39 is 5.60 Å². The Morgan fingerprint density at radius 1 is 1.29 bits per heavy atom. The van der Waals surface area contributed by atoms with E-state index in [0.717, 1.165) is 12.0 Å². The van der Waals surface area contributed by atoms with Gasteiger partial charge in [0, 0.05) is 15.6 Å². The van der Waals surface area contributed by atoms with Gasteiger partial charge in [-0.2, -0.15) is 0 Å². The van der Waals surface area contributed by atoms with Crippen molar-refractivity contribution in [3.8, 4) is 0 Å². The van der Waals surface area contributed by atoms with E-state index in [9.17, 15) is 4.79 Å². The molecule has 1 saturated carbocycles. The number of carbonyl (C=O) groups is 1. The maximum atomic E-state index is 11.9. The second-order valence-corrected chi connectivity index (χ2v) is 7.17. The van der Waals surface area contributed by atoms with Crippen molar-refractivity contribution in [3.63, 3.8) is 0 Å². The van der Waals surface area contributed by atoms with Gasteiger partial charge in [0.2, 0.25) is 0 Å². The lowest BCUT2D eigenvalue weighted by atomic mass is 10.2. The molecule has 0 N–H and O–H groups in total. The molecule has 116 valence electrons. The van der Waals surface area contributed by atoms with E-state index in [1.165, 1.54) is 0 Å². The van der Waals surface area contributed by atoms with Crippen LogP contribution in [0.25, 0.3) is 0 Å². The molecular weight excluding hydrogens is 311 g/mol. The Balaban J connectivity index is 1.75. The highest BCUT2D eigenvalue weighted by Gasteiger charge is 2.45. The second-order valence-electron chi connectivity index (χ2n) is 6.35. The summed E-state index contributed by atoms with van der Waals surface area (Å²) in [6, 6.07) is 5.37. The maximum Gasteiger partial charge on any atom is 0.309 e. The van der Waals surface area contributed by atoms with Crippen LogP contribution in [0.2, 0.25) is 10.0 Å². The van der Waals surface area contributed by atoms with E-state index in [0.29, 0.717) is 23.3 Å². The molecule has 3 nitrogen and oxygen atoms in total. The lowest BCUT2D eigenvalue weighted by Crippen LogP contribution is -2.25. The van der Waals surface area contributed by atoms with Gasteiger partial charge in [-0.1, -0.05) is 29.3 Å². The highest BCUT2D eigenvalue weighted by molar-refractivity contribution is 6.35. The Morgan fingerprint density at radius 3 is 2.48 bits per heavy atom. The molecule has 1 fully saturated rings. The van der Waals surface area contributed by atoms with Crippen LogP contribution in [0.5, 0.6) is 0 Å². The SMILES string of the molecule is CC(C)(C)OC(=O)C1CC1COCc1c(Cl)cccc1Cl. The van der Waals surface area contributed by atoms with E-state index in [-0.39, 0.29) is 17.8 Å². The van der Waals surface area contributed by atoms with Crippen LogP contribution in [0.4, 0.5) is 0 Å². The van der Waals surface area contributed by atoms with Gasteiger partial charge in [0.1, 0.15) is 5.60 Å². The fraction of sp³-hybridized carbons (Fsp3) is 0.562. The molecule has 2 rings (SSSR count). The molecule has 0 aromatic heterocycles. The second kappa shape index (κ2) is 6.55. The van der Waals surface area contributed by atoms with Crippen LogP contribution in [-0.4, -0.2) is 18.2 Å². The van der Waals surface area contributed by atoms with E-state index in [1.54, 1.807) is 18.2 Å². The van der Waals surface area contributed by atoms with Crippen LogP contribution < -0.4 is 0 Å². The predicted octanol–water partition coefficient (Wildman–Crippen LogP) is 4.49. The zero-order valence-electron chi connectivity index (χ0n) is 12.5. The van der Waals surface area contributed by atoms with E-state index in [4.69, 9.17) is 32.7 Å². The third-order valence-corrected chi connectivity index (χ3v) is 3.98. The molecule has 2 unspecified atom stereocenters. The van der Waals surface area contributed by atoms with Crippen LogP contribution in [-0.2, 0) is 20.9 Å². The maximum absolute atomic E-state index is 11.9. The summed E-state index contributed by atoms with van der Waals surface area (Å²) in [6.07, 6.45) is 0.825. The molecule has 1 aromatic carbocycles. The van der Waals surface area contributed by atoms with Crippen molar-refractivity contribution in [2.24, 2.45) is 11.8 Å². The third kappa shape index (κ3) is 4.87. The summed E-state index contributed by atoms with van der Waals surface area (Å²) < 4.78 is 11.0. The van der Waals surface area contributed by atoms with Gasteiger partial charge in [-0.3, -0.25) is 4.79 Å². The Bertz CT molecular complexity index is 502. The van der Waals surface area contributed by atoms with Crippen molar-refractivity contribution < 1.29 is 14.3 Å². The van der Waals surface area contributed by atoms with Gasteiger partial charge >= 0.3 is 5.97 Å². The van der Waals surface area contributed by atoms with E-state index >= 15 is 0 Å². The zero-order chi connectivity index (χ0) is 15.6. The number of esters is 1. The first kappa shape index (κ1) is 16.6. The summed E-state index contributed by atoms with van der Waals surface area (Å²) in [5, 5.41) is 1.20. The molecule has 0 radical (unpaired) electrons. The lowest BCUT2D eigenvalue weighted by Gasteiger charge is -2.19. The molecule has 1 aliphatic carbocycles. The standard InChI is InChI=1S/C16H20Cl2O3/c1-16(2,3)21-15(19)11-7-10(11)8-20-9-12-13(17)5-4-6-14(12)18/h4-6,10-11H,7-9H2,1-3H3. The number of hydrogen-bond donors (Lipinski definition) is 0. The molecule has 0 spiro atoms. The van der Waals surface area contributed by atoms with Crippen molar-refractivity contribution in [1.82, 2.24) is 0 Å². The minimum atomic E-state index is -0.434. The first-order valence-electron chi connectivity index (χ1n) is 7.01. The number of halogens is 2. The Kier molecular flexibility index (Phi) is 5.18. The molecule has 0 amide bonds. The first-order valence-corrected chi connectivity index (χ1v) is 7.77. The monoisotopic (exact) mass is 330 g/mol. The van der Waals surface area contributed by atoms with Gasteiger partial charge in [0.15, 0.2) is 0 Å². The fourth-order valence-electron chi connectivity index (χ4n) is 2.08. The highest BCUT2D eigenvalue weighted by Crippen LogP contribution is 2.40. The Hall–Kier alpha value is -0.770. The normalized spacial score (nSPS) is 21.2. The minimum absolute atomic E-state index is 0.0362. The van der Waals surface area contributed by atoms with Crippen LogP contribution in [0.3, 0.4) is 0 Å². The summed E-state index contributed by atoms with van der Waals surface area (Å²) >= 11 is 12.1. The molecule has 0 bridgehead atoms. The van der Waals surface area contributed by atoms with Crippen LogP contribution >= 0.6 is 23.2 Å². The largest absolute Gasteiger partial charge is 0.460 e. The number of rotatable bonds is 5. The van der Waals surface area contributed by atoms with Gasteiger partial charge < -0.3 is 9.47 Å². The molecule has 1 aliphatic rings. The molecular formula is C16H20Cl2O3. The lowest BCUT2D eigenvalue weighted by molar-refractivity contribution is -0.157. The van der Waals surface area contributed by atoms with E-state index in [1.807, 2.05) is 20.8 Å². The average Bonchev–Trinajstić information content (AvgIpc) is 3.10. The molecule has 0 saturated heterocycles. The van der Waals surface area contributed by atoms with Gasteiger partial charge in [-0.25, -0.2) is 0 Å². The highest BCUT2D eigenvalue weighted by atomic mass is 35.5. The zero-order valence-corrected chi connectivity index (χ0v) is 14.0. The summed E-state index contributed by atoms with van der Waals surface area (Å²) in [5.41, 5.74) is 0.353. The van der Waals surface area contributed by atoms with Crippen molar-refractivity contribution in [3.05, 3.63) is 33.8 Å². The predicted molar refractivity (Wildman–Crippen MR) is 83.6 cm³/mol. The fourth-order valence-corrected chi connectivity index (χ4v) is 2.59. The quantitative estimate of drug-likeness (QED) is 0.746. The molecule has 0 heterocycles. The molecule has 1 aromatic rings. The average molecular weight is 331 g/mol. The van der Waals surface area contributed by atoms with Crippen LogP contribution in [0, 0.1) is 11.8 Å². The third-order valence-electron chi connectivity index (χ3n) is 3.27. The molecule has 2 atom stereocenters.